The Bertz CT molecular complexity index is 722. The molecule has 3 rings (SSSR count). The van der Waals surface area contributed by atoms with E-state index in [0.29, 0.717) is 6.54 Å². The van der Waals surface area contributed by atoms with E-state index in [0.717, 1.165) is 32.1 Å². The Hall–Kier alpha value is -2.27. The fraction of sp³-hybridized carbons (Fsp3) is 0.350. The zero-order valence-electron chi connectivity index (χ0n) is 15.0. The molecule has 2 aromatic rings. The lowest BCUT2D eigenvalue weighted by Gasteiger charge is -2.17. The standard InChI is InChI=1S/C20H26N4S/c1-3-21-20(23-15-19-11-6-16(2)25-19)22-14-17-7-9-18(10-8-17)24-12-4-5-13-24/h4-11H,3,12-15H2,1-2H3,(H2,21,22,23). The molecule has 1 aromatic heterocycles. The van der Waals surface area contributed by atoms with Crippen LogP contribution >= 0.6 is 11.3 Å². The molecule has 0 saturated heterocycles. The highest BCUT2D eigenvalue weighted by molar-refractivity contribution is 7.11. The van der Waals surface area contributed by atoms with Crippen molar-refractivity contribution in [3.05, 3.63) is 63.9 Å². The minimum absolute atomic E-state index is 0.678. The van der Waals surface area contributed by atoms with Crippen LogP contribution in [0.4, 0.5) is 5.69 Å². The van der Waals surface area contributed by atoms with Crippen molar-refractivity contribution in [1.29, 1.82) is 0 Å². The van der Waals surface area contributed by atoms with Gasteiger partial charge < -0.3 is 15.5 Å². The van der Waals surface area contributed by atoms with Crippen LogP contribution in [-0.4, -0.2) is 25.6 Å². The smallest absolute Gasteiger partial charge is 0.191 e. The minimum atomic E-state index is 0.678. The summed E-state index contributed by atoms with van der Waals surface area (Å²) >= 11 is 1.82. The maximum absolute atomic E-state index is 4.71. The molecule has 25 heavy (non-hydrogen) atoms. The fourth-order valence-corrected chi connectivity index (χ4v) is 3.59. The van der Waals surface area contributed by atoms with Crippen molar-refractivity contribution in [2.24, 2.45) is 4.99 Å². The predicted molar refractivity (Wildman–Crippen MR) is 109 cm³/mol. The van der Waals surface area contributed by atoms with Crippen molar-refractivity contribution in [2.75, 3.05) is 24.5 Å². The van der Waals surface area contributed by atoms with E-state index < -0.39 is 0 Å². The molecule has 2 N–H and O–H groups in total. The lowest BCUT2D eigenvalue weighted by Crippen LogP contribution is -2.36. The molecule has 0 radical (unpaired) electrons. The largest absolute Gasteiger partial charge is 0.364 e. The van der Waals surface area contributed by atoms with Crippen LogP contribution in [0.25, 0.3) is 0 Å². The zero-order chi connectivity index (χ0) is 17.5. The fourth-order valence-electron chi connectivity index (χ4n) is 2.76. The van der Waals surface area contributed by atoms with Crippen molar-refractivity contribution in [3.8, 4) is 0 Å². The molecule has 1 aromatic carbocycles. The van der Waals surface area contributed by atoms with Crippen LogP contribution in [0.1, 0.15) is 22.2 Å². The van der Waals surface area contributed by atoms with Gasteiger partial charge >= 0.3 is 0 Å². The molecule has 0 unspecified atom stereocenters. The number of guanidine groups is 1. The van der Waals surface area contributed by atoms with Gasteiger partial charge in [-0.3, -0.25) is 0 Å². The van der Waals surface area contributed by atoms with E-state index in [1.54, 1.807) is 0 Å². The molecule has 0 atom stereocenters. The van der Waals surface area contributed by atoms with Crippen LogP contribution < -0.4 is 15.5 Å². The highest BCUT2D eigenvalue weighted by Crippen LogP contribution is 2.18. The third-order valence-corrected chi connectivity index (χ3v) is 5.11. The van der Waals surface area contributed by atoms with Gasteiger partial charge in [-0.25, -0.2) is 4.99 Å². The summed E-state index contributed by atoms with van der Waals surface area (Å²) in [5.74, 6) is 0.862. The monoisotopic (exact) mass is 354 g/mol. The van der Waals surface area contributed by atoms with E-state index in [4.69, 9.17) is 4.99 Å². The van der Waals surface area contributed by atoms with Crippen molar-refractivity contribution < 1.29 is 0 Å². The number of aliphatic imine (C=N–C) groups is 1. The van der Waals surface area contributed by atoms with Crippen molar-refractivity contribution >= 4 is 23.0 Å². The van der Waals surface area contributed by atoms with Gasteiger partial charge in [0.15, 0.2) is 5.96 Å². The van der Waals surface area contributed by atoms with Gasteiger partial charge in [-0.1, -0.05) is 24.3 Å². The number of hydrogen-bond donors (Lipinski definition) is 2. The number of rotatable bonds is 6. The van der Waals surface area contributed by atoms with E-state index >= 15 is 0 Å². The van der Waals surface area contributed by atoms with E-state index in [-0.39, 0.29) is 0 Å². The average Bonchev–Trinajstić information content (AvgIpc) is 3.30. The second kappa shape index (κ2) is 8.72. The first kappa shape index (κ1) is 17.5. The maximum atomic E-state index is 4.71. The number of hydrogen-bond acceptors (Lipinski definition) is 3. The third-order valence-electron chi connectivity index (χ3n) is 4.11. The highest BCUT2D eigenvalue weighted by Gasteiger charge is 2.07. The Balaban J connectivity index is 1.56. The second-order valence-electron chi connectivity index (χ2n) is 6.10. The van der Waals surface area contributed by atoms with Crippen LogP contribution in [0, 0.1) is 6.92 Å². The van der Waals surface area contributed by atoms with E-state index in [9.17, 15) is 0 Å². The average molecular weight is 355 g/mol. The molecule has 132 valence electrons. The van der Waals surface area contributed by atoms with E-state index in [2.05, 4.69) is 77.9 Å². The Kier molecular flexibility index (Phi) is 6.12. The molecule has 0 aliphatic carbocycles. The second-order valence-corrected chi connectivity index (χ2v) is 7.48. The normalized spacial score (nSPS) is 14.2. The number of nitrogens with zero attached hydrogens (tertiary/aromatic N) is 2. The summed E-state index contributed by atoms with van der Waals surface area (Å²) in [6.07, 6.45) is 4.42. The first-order chi connectivity index (χ1) is 12.2. The molecular formula is C20H26N4S. The Morgan fingerprint density at radius 3 is 2.48 bits per heavy atom. The predicted octanol–water partition coefficient (Wildman–Crippen LogP) is 3.69. The van der Waals surface area contributed by atoms with Crippen molar-refractivity contribution in [3.63, 3.8) is 0 Å². The third kappa shape index (κ3) is 5.10. The summed E-state index contributed by atoms with van der Waals surface area (Å²) in [5.41, 5.74) is 2.50. The topological polar surface area (TPSA) is 39.7 Å². The van der Waals surface area contributed by atoms with Crippen LogP contribution in [0.2, 0.25) is 0 Å². The summed E-state index contributed by atoms with van der Waals surface area (Å²) in [7, 11) is 0. The Labute approximate surface area is 154 Å². The number of aryl methyl sites for hydroxylation is 1. The molecular weight excluding hydrogens is 328 g/mol. The molecule has 4 nitrogen and oxygen atoms in total. The van der Waals surface area contributed by atoms with Crippen molar-refractivity contribution in [2.45, 2.75) is 26.9 Å². The molecule has 1 aliphatic heterocycles. The van der Waals surface area contributed by atoms with Gasteiger partial charge in [-0.15, -0.1) is 11.3 Å². The number of thiophene rings is 1. The zero-order valence-corrected chi connectivity index (χ0v) is 15.8. The van der Waals surface area contributed by atoms with Gasteiger partial charge in [0.05, 0.1) is 13.1 Å². The van der Waals surface area contributed by atoms with Crippen LogP contribution in [-0.2, 0) is 13.1 Å². The van der Waals surface area contributed by atoms with E-state index in [1.807, 2.05) is 11.3 Å². The lowest BCUT2D eigenvalue weighted by molar-refractivity contribution is 0.823. The van der Waals surface area contributed by atoms with E-state index in [1.165, 1.54) is 21.0 Å². The Morgan fingerprint density at radius 2 is 1.84 bits per heavy atom. The first-order valence-electron chi connectivity index (χ1n) is 8.81. The summed E-state index contributed by atoms with van der Waals surface area (Å²) < 4.78 is 0. The lowest BCUT2D eigenvalue weighted by atomic mass is 10.2. The first-order valence-corrected chi connectivity index (χ1v) is 9.62. The molecule has 0 spiro atoms. The molecule has 0 bridgehead atoms. The maximum Gasteiger partial charge on any atom is 0.191 e. The Morgan fingerprint density at radius 1 is 1.08 bits per heavy atom. The van der Waals surface area contributed by atoms with Gasteiger partial charge in [-0.05, 0) is 43.7 Å². The molecule has 0 saturated carbocycles. The molecule has 2 heterocycles. The summed E-state index contributed by atoms with van der Waals surface area (Å²) in [4.78, 5) is 9.72. The van der Waals surface area contributed by atoms with Crippen LogP contribution in [0.3, 0.4) is 0 Å². The van der Waals surface area contributed by atoms with Crippen LogP contribution in [0.15, 0.2) is 53.5 Å². The van der Waals surface area contributed by atoms with Gasteiger partial charge in [0.2, 0.25) is 0 Å². The molecule has 0 fully saturated rings. The van der Waals surface area contributed by atoms with Gasteiger partial charge in [0, 0.05) is 35.1 Å². The summed E-state index contributed by atoms with van der Waals surface area (Å²) in [6.45, 7) is 8.59. The quantitative estimate of drug-likeness (QED) is 0.472. The van der Waals surface area contributed by atoms with Gasteiger partial charge in [0.1, 0.15) is 0 Å². The van der Waals surface area contributed by atoms with Gasteiger partial charge in [-0.2, -0.15) is 0 Å². The minimum Gasteiger partial charge on any atom is -0.364 e. The number of benzene rings is 1. The van der Waals surface area contributed by atoms with Crippen LogP contribution in [0.5, 0.6) is 0 Å². The number of nitrogens with one attached hydrogen (secondary N) is 2. The molecule has 0 amide bonds. The summed E-state index contributed by atoms with van der Waals surface area (Å²) in [6, 6.07) is 13.0. The van der Waals surface area contributed by atoms with Crippen molar-refractivity contribution in [1.82, 2.24) is 10.6 Å². The molecule has 5 heteroatoms. The SMILES string of the molecule is CCNC(=NCc1ccc(N2CC=CC2)cc1)NCc1ccc(C)s1. The molecule has 1 aliphatic rings. The van der Waals surface area contributed by atoms with Gasteiger partial charge in [0.25, 0.3) is 0 Å². The highest BCUT2D eigenvalue weighted by atomic mass is 32.1. The number of anilines is 1. The summed E-state index contributed by atoms with van der Waals surface area (Å²) in [5, 5.41) is 6.72.